The second-order valence-corrected chi connectivity index (χ2v) is 9.31. The number of hydrogen-bond donors (Lipinski definition) is 2. The van der Waals surface area contributed by atoms with E-state index in [2.05, 4.69) is 15.1 Å². The minimum absolute atomic E-state index is 0.0366. The standard InChI is InChI=1S/C23H26N4O6S/c1-15-5-7-18(8-6-15)27-21(13-16(2)25-27)24-22(28)14-33-23(29)17(3)26-34(30,31)20-11-9-19(32-4)10-12-20/h5-13,17,26H,14H2,1-4H3,(H,24,28)/t17-/m0/s1. The second kappa shape index (κ2) is 10.5. The molecule has 0 aliphatic heterocycles. The molecule has 2 aromatic carbocycles. The van der Waals surface area contributed by atoms with Crippen LogP contribution >= 0.6 is 0 Å². The molecule has 11 heteroatoms. The Morgan fingerprint density at radius 3 is 2.32 bits per heavy atom. The van der Waals surface area contributed by atoms with E-state index in [-0.39, 0.29) is 4.90 Å². The number of sulfonamides is 1. The van der Waals surface area contributed by atoms with Crippen molar-refractivity contribution in [2.24, 2.45) is 0 Å². The Morgan fingerprint density at radius 2 is 1.71 bits per heavy atom. The van der Waals surface area contributed by atoms with Gasteiger partial charge in [-0.3, -0.25) is 9.59 Å². The van der Waals surface area contributed by atoms with Crippen LogP contribution in [0.1, 0.15) is 18.2 Å². The number of carbonyl (C=O) groups is 2. The van der Waals surface area contributed by atoms with Gasteiger partial charge >= 0.3 is 5.97 Å². The minimum atomic E-state index is -3.97. The van der Waals surface area contributed by atoms with Gasteiger partial charge in [0.05, 0.1) is 23.4 Å². The van der Waals surface area contributed by atoms with Crippen molar-refractivity contribution in [2.75, 3.05) is 19.0 Å². The van der Waals surface area contributed by atoms with E-state index in [1.807, 2.05) is 31.2 Å². The van der Waals surface area contributed by atoms with Gasteiger partial charge in [0.25, 0.3) is 5.91 Å². The van der Waals surface area contributed by atoms with Crippen LogP contribution in [0.3, 0.4) is 0 Å². The molecule has 1 heterocycles. The lowest BCUT2D eigenvalue weighted by Crippen LogP contribution is -2.40. The van der Waals surface area contributed by atoms with Gasteiger partial charge in [0.15, 0.2) is 6.61 Å². The van der Waals surface area contributed by atoms with Crippen molar-refractivity contribution < 1.29 is 27.5 Å². The summed E-state index contributed by atoms with van der Waals surface area (Å²) in [5, 5.41) is 7.03. The third kappa shape index (κ3) is 6.21. The largest absolute Gasteiger partial charge is 0.497 e. The fraction of sp³-hybridized carbons (Fsp3) is 0.261. The summed E-state index contributed by atoms with van der Waals surface area (Å²) in [7, 11) is -2.51. The first-order valence-corrected chi connectivity index (χ1v) is 11.8. The highest BCUT2D eigenvalue weighted by molar-refractivity contribution is 7.89. The quantitative estimate of drug-likeness (QED) is 0.444. The van der Waals surface area contributed by atoms with Gasteiger partial charge in [0.2, 0.25) is 10.0 Å². The monoisotopic (exact) mass is 486 g/mol. The molecule has 0 radical (unpaired) electrons. The van der Waals surface area contributed by atoms with E-state index in [1.165, 1.54) is 38.3 Å². The summed E-state index contributed by atoms with van der Waals surface area (Å²) in [5.74, 6) is -0.575. The number of aromatic nitrogens is 2. The molecule has 10 nitrogen and oxygen atoms in total. The molecule has 0 saturated heterocycles. The van der Waals surface area contributed by atoms with Crippen molar-refractivity contribution >= 4 is 27.7 Å². The lowest BCUT2D eigenvalue weighted by molar-refractivity contribution is -0.148. The van der Waals surface area contributed by atoms with E-state index in [4.69, 9.17) is 9.47 Å². The summed E-state index contributed by atoms with van der Waals surface area (Å²) in [5.41, 5.74) is 2.53. The van der Waals surface area contributed by atoms with E-state index in [9.17, 15) is 18.0 Å². The average Bonchev–Trinajstić information content (AvgIpc) is 3.17. The summed E-state index contributed by atoms with van der Waals surface area (Å²) in [4.78, 5) is 24.6. The Labute approximate surface area is 197 Å². The van der Waals surface area contributed by atoms with Gasteiger partial charge in [-0.15, -0.1) is 0 Å². The number of carbonyl (C=O) groups excluding carboxylic acids is 2. The average molecular weight is 487 g/mol. The maximum atomic E-state index is 12.5. The molecule has 3 rings (SSSR count). The van der Waals surface area contributed by atoms with Crippen LogP contribution in [0.2, 0.25) is 0 Å². The number of aryl methyl sites for hydroxylation is 2. The van der Waals surface area contributed by atoms with Crippen LogP contribution in [0.4, 0.5) is 5.82 Å². The molecule has 3 aromatic rings. The van der Waals surface area contributed by atoms with E-state index < -0.39 is 34.5 Å². The molecule has 0 spiro atoms. The zero-order valence-electron chi connectivity index (χ0n) is 19.2. The van der Waals surface area contributed by atoms with Crippen LogP contribution in [-0.2, 0) is 24.3 Å². The van der Waals surface area contributed by atoms with Crippen LogP contribution in [0.5, 0.6) is 5.75 Å². The number of nitrogens with one attached hydrogen (secondary N) is 2. The maximum absolute atomic E-state index is 12.5. The van der Waals surface area contributed by atoms with Gasteiger partial charge in [0.1, 0.15) is 17.6 Å². The summed E-state index contributed by atoms with van der Waals surface area (Å²) in [6.07, 6.45) is 0. The summed E-state index contributed by atoms with van der Waals surface area (Å²) in [6.45, 7) is 4.49. The number of ether oxygens (including phenoxy) is 2. The highest BCUT2D eigenvalue weighted by Gasteiger charge is 2.24. The number of benzene rings is 2. The van der Waals surface area contributed by atoms with Gasteiger partial charge < -0.3 is 14.8 Å². The highest BCUT2D eigenvalue weighted by atomic mass is 32.2. The Morgan fingerprint density at radius 1 is 1.06 bits per heavy atom. The first-order chi connectivity index (χ1) is 16.1. The molecular formula is C23H26N4O6S. The van der Waals surface area contributed by atoms with Crippen molar-refractivity contribution in [3.8, 4) is 11.4 Å². The number of methoxy groups -OCH3 is 1. The van der Waals surface area contributed by atoms with E-state index in [0.29, 0.717) is 17.3 Å². The lowest BCUT2D eigenvalue weighted by Gasteiger charge is -2.14. The van der Waals surface area contributed by atoms with Crippen molar-refractivity contribution in [2.45, 2.75) is 31.7 Å². The van der Waals surface area contributed by atoms with Gasteiger partial charge in [0, 0.05) is 6.07 Å². The Balaban J connectivity index is 1.57. The molecule has 180 valence electrons. The second-order valence-electron chi connectivity index (χ2n) is 7.59. The molecule has 34 heavy (non-hydrogen) atoms. The van der Waals surface area contributed by atoms with E-state index >= 15 is 0 Å². The molecule has 1 amide bonds. The summed E-state index contributed by atoms with van der Waals surface area (Å²) < 4.78 is 38.7. The number of amides is 1. The van der Waals surface area contributed by atoms with Crippen LogP contribution in [-0.4, -0.2) is 49.8 Å². The maximum Gasteiger partial charge on any atom is 0.324 e. The molecule has 0 aliphatic rings. The Bertz CT molecular complexity index is 1270. The van der Waals surface area contributed by atoms with Crippen LogP contribution < -0.4 is 14.8 Å². The van der Waals surface area contributed by atoms with Crippen molar-refractivity contribution in [3.63, 3.8) is 0 Å². The number of hydrogen-bond acceptors (Lipinski definition) is 7. The van der Waals surface area contributed by atoms with Crippen LogP contribution in [0.15, 0.2) is 59.5 Å². The summed E-state index contributed by atoms with van der Waals surface area (Å²) >= 11 is 0. The number of nitrogens with zero attached hydrogens (tertiary/aromatic N) is 2. The molecular weight excluding hydrogens is 460 g/mol. The molecule has 0 fully saturated rings. The fourth-order valence-electron chi connectivity index (χ4n) is 3.02. The molecule has 0 unspecified atom stereocenters. The van der Waals surface area contributed by atoms with Crippen molar-refractivity contribution in [3.05, 3.63) is 65.9 Å². The van der Waals surface area contributed by atoms with Gasteiger partial charge in [-0.2, -0.15) is 9.82 Å². The van der Waals surface area contributed by atoms with Crippen LogP contribution in [0, 0.1) is 13.8 Å². The normalized spacial score (nSPS) is 12.1. The first kappa shape index (κ1) is 24.9. The first-order valence-electron chi connectivity index (χ1n) is 10.4. The number of rotatable bonds is 9. The number of esters is 1. The molecule has 0 saturated carbocycles. The lowest BCUT2D eigenvalue weighted by atomic mass is 10.2. The third-order valence-electron chi connectivity index (χ3n) is 4.78. The molecule has 1 atom stereocenters. The zero-order valence-corrected chi connectivity index (χ0v) is 20.0. The van der Waals surface area contributed by atoms with Gasteiger partial charge in [-0.1, -0.05) is 17.7 Å². The zero-order chi connectivity index (χ0) is 24.9. The molecule has 1 aromatic heterocycles. The van der Waals surface area contributed by atoms with E-state index in [0.717, 1.165) is 11.3 Å². The summed E-state index contributed by atoms with van der Waals surface area (Å²) in [6, 6.07) is 13.8. The minimum Gasteiger partial charge on any atom is -0.497 e. The molecule has 0 bridgehead atoms. The van der Waals surface area contributed by atoms with Gasteiger partial charge in [-0.25, -0.2) is 13.1 Å². The Hall–Kier alpha value is -3.70. The van der Waals surface area contributed by atoms with Gasteiger partial charge in [-0.05, 0) is 57.2 Å². The topological polar surface area (TPSA) is 129 Å². The molecule has 0 aliphatic carbocycles. The SMILES string of the molecule is COc1ccc(S(=O)(=O)N[C@@H](C)C(=O)OCC(=O)Nc2cc(C)nn2-c2ccc(C)cc2)cc1. The van der Waals surface area contributed by atoms with Crippen molar-refractivity contribution in [1.82, 2.24) is 14.5 Å². The molecule has 2 N–H and O–H groups in total. The third-order valence-corrected chi connectivity index (χ3v) is 6.33. The van der Waals surface area contributed by atoms with E-state index in [1.54, 1.807) is 17.7 Å². The number of anilines is 1. The Kier molecular flexibility index (Phi) is 7.69. The predicted octanol–water partition coefficient (Wildman–Crippen LogP) is 2.35. The fourth-order valence-corrected chi connectivity index (χ4v) is 4.21. The highest BCUT2D eigenvalue weighted by Crippen LogP contribution is 2.18. The van der Waals surface area contributed by atoms with Crippen molar-refractivity contribution in [1.29, 1.82) is 0 Å². The predicted molar refractivity (Wildman–Crippen MR) is 125 cm³/mol. The smallest absolute Gasteiger partial charge is 0.324 e. The van der Waals surface area contributed by atoms with Crippen LogP contribution in [0.25, 0.3) is 5.69 Å².